The fourth-order valence-electron chi connectivity index (χ4n) is 3.75. The van der Waals surface area contributed by atoms with Crippen LogP contribution in [0.25, 0.3) is 0 Å². The molecule has 1 saturated heterocycles. The zero-order chi connectivity index (χ0) is 25.0. The van der Waals surface area contributed by atoms with E-state index >= 15 is 0 Å². The van der Waals surface area contributed by atoms with Gasteiger partial charge in [-0.2, -0.15) is 13.2 Å². The molecule has 35 heavy (non-hydrogen) atoms. The average molecular weight is 523 g/mol. The van der Waals surface area contributed by atoms with Gasteiger partial charge in [0.2, 0.25) is 0 Å². The Bertz CT molecular complexity index is 1180. The fraction of sp³-hybridized carbons (Fsp3) is 0.280. The normalized spacial score (nSPS) is 14.9. The highest BCUT2D eigenvalue weighted by Gasteiger charge is 2.32. The molecule has 0 saturated carbocycles. The van der Waals surface area contributed by atoms with Crippen LogP contribution in [0.4, 0.5) is 24.7 Å². The van der Waals surface area contributed by atoms with Crippen LogP contribution in [0.15, 0.2) is 65.9 Å². The Morgan fingerprint density at radius 1 is 0.971 bits per heavy atom. The van der Waals surface area contributed by atoms with Gasteiger partial charge in [0.1, 0.15) is 12.4 Å². The summed E-state index contributed by atoms with van der Waals surface area (Å²) in [6.45, 7) is 4.81. The first-order valence-electron chi connectivity index (χ1n) is 10.9. The molecule has 0 bridgehead atoms. The van der Waals surface area contributed by atoms with E-state index in [0.29, 0.717) is 43.6 Å². The smallest absolute Gasteiger partial charge is 0.391 e. The predicted octanol–water partition coefficient (Wildman–Crippen LogP) is 6.67. The summed E-state index contributed by atoms with van der Waals surface area (Å²) in [7, 11) is 0. The van der Waals surface area contributed by atoms with E-state index in [9.17, 15) is 13.2 Å². The van der Waals surface area contributed by atoms with Gasteiger partial charge in [-0.3, -0.25) is 0 Å². The number of benzene rings is 2. The van der Waals surface area contributed by atoms with E-state index < -0.39 is 11.7 Å². The predicted molar refractivity (Wildman–Crippen MR) is 134 cm³/mol. The third-order valence-electron chi connectivity index (χ3n) is 5.72. The van der Waals surface area contributed by atoms with Crippen molar-refractivity contribution in [2.24, 2.45) is 5.16 Å². The maximum Gasteiger partial charge on any atom is 0.417 e. The summed E-state index contributed by atoms with van der Waals surface area (Å²) in [5, 5.41) is 4.88. The molecule has 184 valence electrons. The van der Waals surface area contributed by atoms with Crippen molar-refractivity contribution in [1.82, 2.24) is 4.98 Å². The van der Waals surface area contributed by atoms with Crippen LogP contribution in [0.5, 0.6) is 0 Å². The van der Waals surface area contributed by atoms with E-state index in [2.05, 4.69) is 15.0 Å². The minimum atomic E-state index is -4.47. The maximum atomic E-state index is 12.9. The summed E-state index contributed by atoms with van der Waals surface area (Å²) >= 11 is 12.0. The van der Waals surface area contributed by atoms with Gasteiger partial charge in [0.25, 0.3) is 0 Å². The highest BCUT2D eigenvalue weighted by molar-refractivity contribution is 6.33. The van der Waals surface area contributed by atoms with Crippen molar-refractivity contribution in [2.75, 3.05) is 36.0 Å². The largest absolute Gasteiger partial charge is 0.417 e. The number of alkyl halides is 3. The van der Waals surface area contributed by atoms with E-state index in [-0.39, 0.29) is 5.02 Å². The van der Waals surface area contributed by atoms with E-state index in [1.807, 2.05) is 60.4 Å². The van der Waals surface area contributed by atoms with Gasteiger partial charge in [-0.15, -0.1) is 0 Å². The lowest BCUT2D eigenvalue weighted by atomic mass is 10.1. The monoisotopic (exact) mass is 522 g/mol. The summed E-state index contributed by atoms with van der Waals surface area (Å²) in [5.74, 6) is 0.375. The van der Waals surface area contributed by atoms with E-state index in [0.717, 1.165) is 34.8 Å². The van der Waals surface area contributed by atoms with Crippen molar-refractivity contribution in [2.45, 2.75) is 19.7 Å². The first kappa shape index (κ1) is 25.1. The molecule has 0 aliphatic carbocycles. The van der Waals surface area contributed by atoms with Gasteiger partial charge in [-0.1, -0.05) is 52.6 Å². The molecule has 2 heterocycles. The zero-order valence-corrected chi connectivity index (χ0v) is 20.4. The Kier molecular flexibility index (Phi) is 7.72. The molecule has 0 unspecified atom stereocenters. The summed E-state index contributed by atoms with van der Waals surface area (Å²) < 4.78 is 38.6. The molecule has 4 rings (SSSR count). The first-order valence-corrected chi connectivity index (χ1v) is 11.7. The van der Waals surface area contributed by atoms with E-state index in [1.165, 1.54) is 0 Å². The molecule has 0 atom stereocenters. The Balaban J connectivity index is 1.32. The summed E-state index contributed by atoms with van der Waals surface area (Å²) in [5.41, 5.74) is 2.89. The maximum absolute atomic E-state index is 12.9. The van der Waals surface area contributed by atoms with Gasteiger partial charge in [-0.25, -0.2) is 4.98 Å². The van der Waals surface area contributed by atoms with Gasteiger partial charge < -0.3 is 14.6 Å². The lowest BCUT2D eigenvalue weighted by molar-refractivity contribution is -0.137. The topological polar surface area (TPSA) is 41.0 Å². The van der Waals surface area contributed by atoms with E-state index in [1.54, 1.807) is 0 Å². The fourth-order valence-corrected chi connectivity index (χ4v) is 4.16. The molecule has 5 nitrogen and oxygen atoms in total. The standard InChI is InChI=1S/C25H23Cl2F3N4O/c1-17(32-35-16-18-2-6-21(26)7-3-18)19-4-8-22(9-5-19)33-10-12-34(13-11-33)24-23(27)14-20(15-31-24)25(28,29)30/h2-9,14-15H,10-13,16H2,1H3. The van der Waals surface area contributed by atoms with Gasteiger partial charge in [0.15, 0.2) is 0 Å². The van der Waals surface area contributed by atoms with Crippen LogP contribution in [0.2, 0.25) is 10.0 Å². The molecule has 1 aliphatic rings. The Labute approximate surface area is 211 Å². The number of piperazine rings is 1. The van der Waals surface area contributed by atoms with Gasteiger partial charge >= 0.3 is 6.18 Å². The van der Waals surface area contributed by atoms with Crippen LogP contribution in [0, 0.1) is 0 Å². The van der Waals surface area contributed by atoms with Crippen molar-refractivity contribution >= 4 is 40.4 Å². The lowest BCUT2D eigenvalue weighted by Crippen LogP contribution is -2.47. The quantitative estimate of drug-likeness (QED) is 0.267. The Hall–Kier alpha value is -2.97. The van der Waals surface area contributed by atoms with Crippen LogP contribution in [-0.4, -0.2) is 36.9 Å². The number of anilines is 2. The molecular formula is C25H23Cl2F3N4O. The molecule has 10 heteroatoms. The zero-order valence-electron chi connectivity index (χ0n) is 18.9. The van der Waals surface area contributed by atoms with Crippen LogP contribution in [0.1, 0.15) is 23.6 Å². The highest BCUT2D eigenvalue weighted by Crippen LogP contribution is 2.34. The minimum absolute atomic E-state index is 0.00525. The number of hydrogen-bond acceptors (Lipinski definition) is 5. The Morgan fingerprint density at radius 2 is 1.60 bits per heavy atom. The third kappa shape index (κ3) is 6.38. The molecule has 0 radical (unpaired) electrons. The SMILES string of the molecule is CC(=NOCc1ccc(Cl)cc1)c1ccc(N2CCN(c3ncc(C(F)(F)F)cc3Cl)CC2)cc1. The Morgan fingerprint density at radius 3 is 2.20 bits per heavy atom. The third-order valence-corrected chi connectivity index (χ3v) is 6.25. The van der Waals surface area contributed by atoms with Gasteiger partial charge in [-0.05, 0) is 48.4 Å². The molecule has 2 aromatic carbocycles. The molecule has 1 aromatic heterocycles. The second-order valence-corrected chi connectivity index (χ2v) is 8.97. The summed E-state index contributed by atoms with van der Waals surface area (Å²) in [6, 6.07) is 16.3. The molecular weight excluding hydrogens is 500 g/mol. The number of hydrogen-bond donors (Lipinski definition) is 0. The van der Waals surface area contributed by atoms with Gasteiger partial charge in [0, 0.05) is 43.1 Å². The number of halogens is 5. The van der Waals surface area contributed by atoms with Crippen molar-refractivity contribution in [3.63, 3.8) is 0 Å². The van der Waals surface area contributed by atoms with Crippen molar-refractivity contribution in [3.05, 3.63) is 87.5 Å². The minimum Gasteiger partial charge on any atom is -0.391 e. The van der Waals surface area contributed by atoms with Crippen LogP contribution < -0.4 is 9.80 Å². The summed E-state index contributed by atoms with van der Waals surface area (Å²) in [6.07, 6.45) is -3.64. The number of pyridine rings is 1. The second-order valence-electron chi connectivity index (χ2n) is 8.12. The average Bonchev–Trinajstić information content (AvgIpc) is 2.85. The molecule has 1 fully saturated rings. The number of aromatic nitrogens is 1. The van der Waals surface area contributed by atoms with Crippen molar-refractivity contribution < 1.29 is 18.0 Å². The van der Waals surface area contributed by atoms with Crippen molar-refractivity contribution in [3.8, 4) is 0 Å². The molecule has 3 aromatic rings. The molecule has 0 spiro atoms. The molecule has 0 amide bonds. The molecule has 0 N–H and O–H groups in total. The second kappa shape index (κ2) is 10.7. The first-order chi connectivity index (χ1) is 16.7. The van der Waals surface area contributed by atoms with Crippen molar-refractivity contribution in [1.29, 1.82) is 0 Å². The number of rotatable bonds is 6. The lowest BCUT2D eigenvalue weighted by Gasteiger charge is -2.37. The summed E-state index contributed by atoms with van der Waals surface area (Å²) in [4.78, 5) is 13.5. The van der Waals surface area contributed by atoms with Crippen LogP contribution >= 0.6 is 23.2 Å². The highest BCUT2D eigenvalue weighted by atomic mass is 35.5. The van der Waals surface area contributed by atoms with Crippen LogP contribution in [-0.2, 0) is 17.6 Å². The molecule has 1 aliphatic heterocycles. The van der Waals surface area contributed by atoms with E-state index in [4.69, 9.17) is 28.0 Å². The number of nitrogens with zero attached hydrogens (tertiary/aromatic N) is 4. The number of oxime groups is 1. The van der Waals surface area contributed by atoms with Gasteiger partial charge in [0.05, 0.1) is 16.3 Å². The van der Waals surface area contributed by atoms with Crippen LogP contribution in [0.3, 0.4) is 0 Å².